The average molecular weight is 280 g/mol. The van der Waals surface area contributed by atoms with Crippen LogP contribution in [-0.2, 0) is 4.79 Å². The van der Waals surface area contributed by atoms with E-state index in [-0.39, 0.29) is 5.91 Å². The number of amides is 1. The van der Waals surface area contributed by atoms with Gasteiger partial charge in [-0.1, -0.05) is 22.0 Å². The van der Waals surface area contributed by atoms with Gasteiger partial charge in [-0.15, -0.1) is 0 Å². The molecule has 0 bridgehead atoms. The maximum Gasteiger partial charge on any atom is 0.235 e. The van der Waals surface area contributed by atoms with E-state index in [4.69, 9.17) is 0 Å². The minimum Gasteiger partial charge on any atom is -0.325 e. The SMILES string of the molecule is O=C(CBr)Nc1cccc(-n2cccn2)c1. The van der Waals surface area contributed by atoms with Crippen LogP contribution in [0, 0.1) is 0 Å². The highest BCUT2D eigenvalue weighted by molar-refractivity contribution is 9.09. The molecule has 1 N–H and O–H groups in total. The zero-order valence-electron chi connectivity index (χ0n) is 8.43. The van der Waals surface area contributed by atoms with Gasteiger partial charge in [0.25, 0.3) is 0 Å². The predicted molar refractivity (Wildman–Crippen MR) is 66.0 cm³/mol. The lowest BCUT2D eigenvalue weighted by molar-refractivity contribution is -0.113. The molecule has 82 valence electrons. The van der Waals surface area contributed by atoms with E-state index >= 15 is 0 Å². The lowest BCUT2D eigenvalue weighted by atomic mass is 10.3. The van der Waals surface area contributed by atoms with Crippen LogP contribution in [0.4, 0.5) is 5.69 Å². The second-order valence-electron chi connectivity index (χ2n) is 3.18. The standard InChI is InChI=1S/C11H10BrN3O/c12-8-11(16)14-9-3-1-4-10(7-9)15-6-2-5-13-15/h1-7H,8H2,(H,14,16). The Morgan fingerprint density at radius 3 is 3.00 bits per heavy atom. The molecule has 1 aromatic carbocycles. The van der Waals surface area contributed by atoms with Crippen molar-refractivity contribution in [2.45, 2.75) is 0 Å². The number of benzene rings is 1. The van der Waals surface area contributed by atoms with Crippen molar-refractivity contribution in [2.75, 3.05) is 10.6 Å². The maximum atomic E-state index is 11.2. The van der Waals surface area contributed by atoms with Gasteiger partial charge in [0.15, 0.2) is 0 Å². The van der Waals surface area contributed by atoms with Crippen molar-refractivity contribution >= 4 is 27.5 Å². The summed E-state index contributed by atoms with van der Waals surface area (Å²) in [6.45, 7) is 0. The van der Waals surface area contributed by atoms with Crippen LogP contribution in [0.3, 0.4) is 0 Å². The van der Waals surface area contributed by atoms with Crippen molar-refractivity contribution in [3.05, 3.63) is 42.7 Å². The van der Waals surface area contributed by atoms with Crippen LogP contribution in [-0.4, -0.2) is 21.0 Å². The average Bonchev–Trinajstić information content (AvgIpc) is 2.83. The third-order valence-corrected chi connectivity index (χ3v) is 2.53. The lowest BCUT2D eigenvalue weighted by Gasteiger charge is -2.06. The second-order valence-corrected chi connectivity index (χ2v) is 3.74. The molecule has 1 amide bonds. The Hall–Kier alpha value is -1.62. The Bertz CT molecular complexity index is 482. The van der Waals surface area contributed by atoms with Gasteiger partial charge >= 0.3 is 0 Å². The lowest BCUT2D eigenvalue weighted by Crippen LogP contribution is -2.12. The highest BCUT2D eigenvalue weighted by Gasteiger charge is 2.01. The first-order chi connectivity index (χ1) is 7.79. The van der Waals surface area contributed by atoms with E-state index < -0.39 is 0 Å². The largest absolute Gasteiger partial charge is 0.325 e. The molecule has 16 heavy (non-hydrogen) atoms. The molecule has 0 aliphatic rings. The van der Waals surface area contributed by atoms with E-state index in [1.54, 1.807) is 10.9 Å². The zero-order chi connectivity index (χ0) is 11.4. The molecule has 0 aliphatic carbocycles. The van der Waals surface area contributed by atoms with Gasteiger partial charge in [0.05, 0.1) is 11.0 Å². The monoisotopic (exact) mass is 279 g/mol. The molecule has 2 rings (SSSR count). The quantitative estimate of drug-likeness (QED) is 0.876. The van der Waals surface area contributed by atoms with Gasteiger partial charge in [-0.05, 0) is 24.3 Å². The summed E-state index contributed by atoms with van der Waals surface area (Å²) in [5.41, 5.74) is 1.68. The Kier molecular flexibility index (Phi) is 3.36. The summed E-state index contributed by atoms with van der Waals surface area (Å²) in [6, 6.07) is 9.36. The number of carbonyl (C=O) groups excluding carboxylic acids is 1. The minimum atomic E-state index is -0.0717. The minimum absolute atomic E-state index is 0.0717. The summed E-state index contributed by atoms with van der Waals surface area (Å²) in [5, 5.41) is 7.18. The molecule has 0 aliphatic heterocycles. The van der Waals surface area contributed by atoms with Gasteiger partial charge in [-0.3, -0.25) is 4.79 Å². The van der Waals surface area contributed by atoms with Gasteiger partial charge in [-0.2, -0.15) is 5.10 Å². The molecule has 5 heteroatoms. The van der Waals surface area contributed by atoms with Gasteiger partial charge in [0.2, 0.25) is 5.91 Å². The Morgan fingerprint density at radius 2 is 2.31 bits per heavy atom. The van der Waals surface area contributed by atoms with E-state index in [2.05, 4.69) is 26.3 Å². The number of carbonyl (C=O) groups is 1. The van der Waals surface area contributed by atoms with Crippen molar-refractivity contribution in [2.24, 2.45) is 0 Å². The Morgan fingerprint density at radius 1 is 1.44 bits per heavy atom. The van der Waals surface area contributed by atoms with Gasteiger partial charge in [0, 0.05) is 18.1 Å². The number of rotatable bonds is 3. The van der Waals surface area contributed by atoms with E-state index in [9.17, 15) is 4.79 Å². The van der Waals surface area contributed by atoms with Crippen LogP contribution in [0.25, 0.3) is 5.69 Å². The molecule has 0 saturated carbocycles. The van der Waals surface area contributed by atoms with Crippen LogP contribution < -0.4 is 5.32 Å². The molecule has 4 nitrogen and oxygen atoms in total. The first-order valence-corrected chi connectivity index (χ1v) is 5.87. The van der Waals surface area contributed by atoms with Crippen molar-refractivity contribution in [3.63, 3.8) is 0 Å². The van der Waals surface area contributed by atoms with E-state index in [1.165, 1.54) is 0 Å². The fourth-order valence-corrected chi connectivity index (χ4v) is 1.48. The van der Waals surface area contributed by atoms with Crippen molar-refractivity contribution in [1.29, 1.82) is 0 Å². The van der Waals surface area contributed by atoms with Gasteiger partial charge < -0.3 is 5.32 Å². The number of nitrogens with zero attached hydrogens (tertiary/aromatic N) is 2. The van der Waals surface area contributed by atoms with Crippen LogP contribution >= 0.6 is 15.9 Å². The number of alkyl halides is 1. The van der Waals surface area contributed by atoms with Crippen LogP contribution in [0.2, 0.25) is 0 Å². The fraction of sp³-hybridized carbons (Fsp3) is 0.0909. The molecule has 1 aromatic heterocycles. The number of anilines is 1. The summed E-state index contributed by atoms with van der Waals surface area (Å²) >= 11 is 3.10. The number of halogens is 1. The Balaban J connectivity index is 2.23. The van der Waals surface area contributed by atoms with Crippen molar-refractivity contribution in [3.8, 4) is 5.69 Å². The fourth-order valence-electron chi connectivity index (χ4n) is 1.34. The summed E-state index contributed by atoms with van der Waals surface area (Å²) in [6.07, 6.45) is 3.56. The predicted octanol–water partition coefficient (Wildman–Crippen LogP) is 2.21. The summed E-state index contributed by atoms with van der Waals surface area (Å²) in [5.74, 6) is -0.0717. The first-order valence-electron chi connectivity index (χ1n) is 4.75. The zero-order valence-corrected chi connectivity index (χ0v) is 10.0. The van der Waals surface area contributed by atoms with Crippen LogP contribution in [0.5, 0.6) is 0 Å². The Labute approximate surface area is 101 Å². The molecular formula is C11H10BrN3O. The third-order valence-electron chi connectivity index (χ3n) is 2.02. The van der Waals surface area contributed by atoms with Crippen LogP contribution in [0.15, 0.2) is 42.7 Å². The molecule has 0 spiro atoms. The normalized spacial score (nSPS) is 10.1. The number of aromatic nitrogens is 2. The van der Waals surface area contributed by atoms with E-state index in [0.29, 0.717) is 5.33 Å². The number of nitrogens with one attached hydrogen (secondary N) is 1. The molecule has 0 atom stereocenters. The van der Waals surface area contributed by atoms with Gasteiger partial charge in [-0.25, -0.2) is 4.68 Å². The van der Waals surface area contributed by atoms with E-state index in [0.717, 1.165) is 11.4 Å². The summed E-state index contributed by atoms with van der Waals surface area (Å²) in [7, 11) is 0. The molecule has 1 heterocycles. The smallest absolute Gasteiger partial charge is 0.235 e. The molecule has 0 saturated heterocycles. The molecule has 2 aromatic rings. The summed E-state index contributed by atoms with van der Waals surface area (Å²) < 4.78 is 1.74. The number of hydrogen-bond acceptors (Lipinski definition) is 2. The highest BCUT2D eigenvalue weighted by atomic mass is 79.9. The number of hydrogen-bond donors (Lipinski definition) is 1. The highest BCUT2D eigenvalue weighted by Crippen LogP contribution is 2.13. The molecular weight excluding hydrogens is 270 g/mol. The molecule has 0 fully saturated rings. The first kappa shape index (κ1) is 10.9. The topological polar surface area (TPSA) is 46.9 Å². The molecule has 0 radical (unpaired) electrons. The summed E-state index contributed by atoms with van der Waals surface area (Å²) in [4.78, 5) is 11.2. The second kappa shape index (κ2) is 4.94. The van der Waals surface area contributed by atoms with Crippen molar-refractivity contribution < 1.29 is 4.79 Å². The van der Waals surface area contributed by atoms with E-state index in [1.807, 2.05) is 36.5 Å². The van der Waals surface area contributed by atoms with Crippen LogP contribution in [0.1, 0.15) is 0 Å². The third kappa shape index (κ3) is 2.49. The van der Waals surface area contributed by atoms with Crippen molar-refractivity contribution in [1.82, 2.24) is 9.78 Å². The maximum absolute atomic E-state index is 11.2. The molecule has 0 unspecified atom stereocenters. The van der Waals surface area contributed by atoms with Gasteiger partial charge in [0.1, 0.15) is 0 Å².